The Hall–Kier alpha value is -3.00. The summed E-state index contributed by atoms with van der Waals surface area (Å²) in [6.45, 7) is 3.92. The van der Waals surface area contributed by atoms with Gasteiger partial charge in [-0.15, -0.1) is 0 Å². The molecular weight excluding hydrogens is 416 g/mol. The van der Waals surface area contributed by atoms with Crippen LogP contribution in [0.2, 0.25) is 0 Å². The summed E-state index contributed by atoms with van der Waals surface area (Å²) in [6, 6.07) is 15.2. The fourth-order valence-corrected chi connectivity index (χ4v) is 4.05. The van der Waals surface area contributed by atoms with Crippen LogP contribution in [0.1, 0.15) is 35.8 Å². The zero-order valence-electron chi connectivity index (χ0n) is 18.4. The minimum absolute atomic E-state index is 0.0386. The summed E-state index contributed by atoms with van der Waals surface area (Å²) >= 11 is 0. The third-order valence-electron chi connectivity index (χ3n) is 5.72. The highest BCUT2D eigenvalue weighted by Gasteiger charge is 2.34. The molecule has 0 aliphatic carbocycles. The van der Waals surface area contributed by atoms with Crippen LogP contribution < -0.4 is 4.74 Å². The average molecular weight is 446 g/mol. The molecule has 1 heterocycles. The molecule has 0 saturated carbocycles. The van der Waals surface area contributed by atoms with Crippen molar-refractivity contribution in [2.75, 3.05) is 39.3 Å². The Morgan fingerprint density at radius 1 is 0.938 bits per heavy atom. The van der Waals surface area contributed by atoms with E-state index in [0.717, 1.165) is 5.56 Å². The number of carbonyl (C=O) groups excluding carboxylic acids is 2. The van der Waals surface area contributed by atoms with Crippen LogP contribution in [0.15, 0.2) is 54.6 Å². The number of ether oxygens (including phenoxy) is 1. The number of likely N-dealkylation sites (N-methyl/N-ethyl adjacent to an activating group) is 1. The predicted molar refractivity (Wildman–Crippen MR) is 118 cm³/mol. The summed E-state index contributed by atoms with van der Waals surface area (Å²) < 4.78 is 29.9. The minimum Gasteiger partial charge on any atom is -0.434 e. The first-order chi connectivity index (χ1) is 15.5. The highest BCUT2D eigenvalue weighted by Crippen LogP contribution is 2.27. The molecule has 1 atom stereocenters. The molecule has 2 amide bonds. The summed E-state index contributed by atoms with van der Waals surface area (Å²) in [4.78, 5) is 31.8. The van der Waals surface area contributed by atoms with E-state index in [4.69, 9.17) is 0 Å². The zero-order chi connectivity index (χ0) is 23.1. The van der Waals surface area contributed by atoms with E-state index in [0.29, 0.717) is 39.3 Å². The van der Waals surface area contributed by atoms with Crippen LogP contribution in [0, 0.1) is 0 Å². The van der Waals surface area contributed by atoms with E-state index in [-0.39, 0.29) is 23.1 Å². The standard InChI is InChI=1S/C24H29F2N3O3/c1-3-27(4-2)23(31)21(18-10-6-5-7-11-18)28-14-16-29(17-15-28)22(30)19-12-8-9-13-20(19)32-24(25)26/h5-13,21,24H,3-4,14-17H2,1-2H3. The SMILES string of the molecule is CCN(CC)C(=O)C(c1ccccc1)N1CCN(C(=O)c2ccccc2OC(F)F)CC1. The molecule has 32 heavy (non-hydrogen) atoms. The summed E-state index contributed by atoms with van der Waals surface area (Å²) in [5, 5.41) is 0. The van der Waals surface area contributed by atoms with Crippen molar-refractivity contribution in [1.29, 1.82) is 0 Å². The zero-order valence-corrected chi connectivity index (χ0v) is 18.4. The van der Waals surface area contributed by atoms with Crippen LogP contribution in [-0.2, 0) is 4.79 Å². The first-order valence-corrected chi connectivity index (χ1v) is 10.9. The molecule has 1 saturated heterocycles. The van der Waals surface area contributed by atoms with E-state index >= 15 is 0 Å². The first-order valence-electron chi connectivity index (χ1n) is 10.9. The monoisotopic (exact) mass is 445 g/mol. The fraction of sp³-hybridized carbons (Fsp3) is 0.417. The second kappa shape index (κ2) is 11.0. The summed E-state index contributed by atoms with van der Waals surface area (Å²) in [6.07, 6.45) is 0. The van der Waals surface area contributed by atoms with Crippen LogP contribution in [0.5, 0.6) is 5.75 Å². The van der Waals surface area contributed by atoms with E-state index in [1.54, 1.807) is 17.0 Å². The lowest BCUT2D eigenvalue weighted by Gasteiger charge is -2.40. The van der Waals surface area contributed by atoms with Crippen molar-refractivity contribution in [2.45, 2.75) is 26.5 Å². The Bertz CT molecular complexity index is 898. The van der Waals surface area contributed by atoms with Gasteiger partial charge in [-0.1, -0.05) is 42.5 Å². The van der Waals surface area contributed by atoms with Crippen molar-refractivity contribution >= 4 is 11.8 Å². The lowest BCUT2D eigenvalue weighted by Crippen LogP contribution is -2.53. The van der Waals surface area contributed by atoms with Gasteiger partial charge in [0.1, 0.15) is 11.8 Å². The number of benzene rings is 2. The minimum atomic E-state index is -3.00. The maximum Gasteiger partial charge on any atom is 0.387 e. The Morgan fingerprint density at radius 3 is 2.12 bits per heavy atom. The van der Waals surface area contributed by atoms with Crippen molar-refractivity contribution in [2.24, 2.45) is 0 Å². The number of alkyl halides is 2. The number of nitrogens with zero attached hydrogens (tertiary/aromatic N) is 3. The topological polar surface area (TPSA) is 53.1 Å². The molecule has 1 aliphatic rings. The second-order valence-corrected chi connectivity index (χ2v) is 7.53. The number of hydrogen-bond acceptors (Lipinski definition) is 4. The van der Waals surface area contributed by atoms with Crippen LogP contribution >= 0.6 is 0 Å². The highest BCUT2D eigenvalue weighted by atomic mass is 19.3. The second-order valence-electron chi connectivity index (χ2n) is 7.53. The molecule has 2 aromatic rings. The normalized spacial score (nSPS) is 15.5. The number of carbonyl (C=O) groups is 2. The maximum atomic E-state index is 13.3. The molecule has 172 valence electrons. The number of amides is 2. The molecular formula is C24H29F2N3O3. The third kappa shape index (κ3) is 5.43. The molecule has 8 heteroatoms. The van der Waals surface area contributed by atoms with Gasteiger partial charge in [0, 0.05) is 39.3 Å². The number of rotatable bonds is 8. The molecule has 6 nitrogen and oxygen atoms in total. The molecule has 0 N–H and O–H groups in total. The predicted octanol–water partition coefficient (Wildman–Crippen LogP) is 3.66. The van der Waals surface area contributed by atoms with Crippen LogP contribution in [0.25, 0.3) is 0 Å². The lowest BCUT2D eigenvalue weighted by atomic mass is 10.0. The first kappa shape index (κ1) is 23.7. The van der Waals surface area contributed by atoms with Crippen molar-refractivity contribution in [3.8, 4) is 5.75 Å². The lowest BCUT2D eigenvalue weighted by molar-refractivity contribution is -0.137. The average Bonchev–Trinajstić information content (AvgIpc) is 2.81. The molecule has 0 bridgehead atoms. The van der Waals surface area contributed by atoms with Gasteiger partial charge in [0.15, 0.2) is 0 Å². The van der Waals surface area contributed by atoms with Crippen LogP contribution in [0.4, 0.5) is 8.78 Å². The smallest absolute Gasteiger partial charge is 0.387 e. The molecule has 1 fully saturated rings. The van der Waals surface area contributed by atoms with E-state index in [1.807, 2.05) is 49.1 Å². The molecule has 0 aromatic heterocycles. The van der Waals surface area contributed by atoms with E-state index in [2.05, 4.69) is 9.64 Å². The van der Waals surface area contributed by atoms with Gasteiger partial charge in [-0.05, 0) is 31.5 Å². The largest absolute Gasteiger partial charge is 0.434 e. The van der Waals surface area contributed by atoms with Crippen molar-refractivity contribution in [3.63, 3.8) is 0 Å². The van der Waals surface area contributed by atoms with Gasteiger partial charge in [0.05, 0.1) is 5.56 Å². The Labute approximate surface area is 187 Å². The van der Waals surface area contributed by atoms with E-state index in [1.165, 1.54) is 12.1 Å². The molecule has 1 unspecified atom stereocenters. The Balaban J connectivity index is 1.75. The summed E-state index contributed by atoms with van der Waals surface area (Å²) in [7, 11) is 0. The molecule has 0 spiro atoms. The maximum absolute atomic E-state index is 13.3. The van der Waals surface area contributed by atoms with Gasteiger partial charge in [0.25, 0.3) is 5.91 Å². The van der Waals surface area contributed by atoms with Gasteiger partial charge >= 0.3 is 6.61 Å². The van der Waals surface area contributed by atoms with Gasteiger partial charge < -0.3 is 14.5 Å². The summed E-state index contributed by atoms with van der Waals surface area (Å²) in [5.41, 5.74) is 1.03. The van der Waals surface area contributed by atoms with Gasteiger partial charge in [-0.2, -0.15) is 8.78 Å². The van der Waals surface area contributed by atoms with Crippen molar-refractivity contribution in [3.05, 3.63) is 65.7 Å². The van der Waals surface area contributed by atoms with Gasteiger partial charge in [-0.3, -0.25) is 14.5 Å². The molecule has 2 aromatic carbocycles. The van der Waals surface area contributed by atoms with Gasteiger partial charge in [0.2, 0.25) is 5.91 Å². The summed E-state index contributed by atoms with van der Waals surface area (Å²) in [5.74, 6) is -0.447. The number of hydrogen-bond donors (Lipinski definition) is 0. The van der Waals surface area contributed by atoms with Gasteiger partial charge in [-0.25, -0.2) is 0 Å². The van der Waals surface area contributed by atoms with Crippen molar-refractivity contribution in [1.82, 2.24) is 14.7 Å². The molecule has 3 rings (SSSR count). The Kier molecular flexibility index (Phi) is 8.16. The molecule has 0 radical (unpaired) electrons. The van der Waals surface area contributed by atoms with E-state index < -0.39 is 12.7 Å². The quantitative estimate of drug-likeness (QED) is 0.623. The Morgan fingerprint density at radius 2 is 1.53 bits per heavy atom. The number of para-hydroxylation sites is 1. The van der Waals surface area contributed by atoms with E-state index in [9.17, 15) is 18.4 Å². The number of piperazine rings is 1. The van der Waals surface area contributed by atoms with Crippen molar-refractivity contribution < 1.29 is 23.1 Å². The fourth-order valence-electron chi connectivity index (χ4n) is 4.05. The molecule has 1 aliphatic heterocycles. The number of halogens is 2. The van der Waals surface area contributed by atoms with Crippen LogP contribution in [0.3, 0.4) is 0 Å². The third-order valence-corrected chi connectivity index (χ3v) is 5.72. The highest BCUT2D eigenvalue weighted by molar-refractivity contribution is 5.97. The van der Waals surface area contributed by atoms with Crippen LogP contribution in [-0.4, -0.2) is 72.4 Å².